The normalized spacial score (nSPS) is 10.8. The Morgan fingerprint density at radius 1 is 1.47 bits per heavy atom. The number of carbonyl (C=O) groups is 1. The fourth-order valence-electron chi connectivity index (χ4n) is 1.69. The lowest BCUT2D eigenvalue weighted by molar-refractivity contribution is 0.112. The number of aliphatic hydroxyl groups is 1. The Morgan fingerprint density at radius 2 is 2.24 bits per heavy atom. The number of hydrogen-bond donors (Lipinski definition) is 2. The molecule has 0 fully saturated rings. The Balaban J connectivity index is 2.42. The number of aromatic amines is 1. The van der Waals surface area contributed by atoms with Crippen LogP contribution < -0.4 is 0 Å². The van der Waals surface area contributed by atoms with E-state index in [0.717, 1.165) is 17.5 Å². The molecule has 0 aliphatic heterocycles. The van der Waals surface area contributed by atoms with Crippen LogP contribution in [0.5, 0.6) is 0 Å². The van der Waals surface area contributed by atoms with Crippen LogP contribution in [0.1, 0.15) is 21.6 Å². The van der Waals surface area contributed by atoms with Crippen molar-refractivity contribution in [2.75, 3.05) is 6.61 Å². The lowest BCUT2D eigenvalue weighted by Gasteiger charge is -1.93. The minimum absolute atomic E-state index is 0.0435. The monoisotopic (exact) mass is 235 g/mol. The molecule has 0 radical (unpaired) electrons. The number of tetrazole rings is 1. The van der Waals surface area contributed by atoms with Gasteiger partial charge in [-0.1, -0.05) is 0 Å². The molecule has 7 heteroatoms. The predicted molar refractivity (Wildman–Crippen MR) is 59.6 cm³/mol. The summed E-state index contributed by atoms with van der Waals surface area (Å²) in [5.74, 6) is 0.423. The van der Waals surface area contributed by atoms with E-state index in [1.54, 1.807) is 0 Å². The number of aliphatic hydroxyl groups excluding tert-OH is 1. The summed E-state index contributed by atoms with van der Waals surface area (Å²) in [6, 6.07) is 0. The summed E-state index contributed by atoms with van der Waals surface area (Å²) in [6.07, 6.45) is 0.808. The van der Waals surface area contributed by atoms with Crippen LogP contribution in [0.4, 0.5) is 0 Å². The van der Waals surface area contributed by atoms with Crippen LogP contribution in [0.2, 0.25) is 0 Å². The Kier molecular flexibility index (Phi) is 3.01. The van der Waals surface area contributed by atoms with Crippen LogP contribution in [0.3, 0.4) is 0 Å². The van der Waals surface area contributed by atoms with Crippen molar-refractivity contribution in [1.29, 1.82) is 0 Å². The van der Waals surface area contributed by atoms with Gasteiger partial charge in [-0.2, -0.15) is 4.80 Å². The van der Waals surface area contributed by atoms with E-state index in [2.05, 4.69) is 20.4 Å². The van der Waals surface area contributed by atoms with Crippen LogP contribution in [-0.4, -0.2) is 43.2 Å². The van der Waals surface area contributed by atoms with Gasteiger partial charge in [0.05, 0.1) is 18.8 Å². The van der Waals surface area contributed by atoms with Crippen LogP contribution in [0.15, 0.2) is 0 Å². The molecule has 2 rings (SSSR count). The van der Waals surface area contributed by atoms with Crippen molar-refractivity contribution in [3.8, 4) is 11.5 Å². The van der Waals surface area contributed by atoms with Crippen LogP contribution in [-0.2, 0) is 6.54 Å². The Hall–Kier alpha value is -2.02. The van der Waals surface area contributed by atoms with Crippen molar-refractivity contribution in [3.63, 3.8) is 0 Å². The van der Waals surface area contributed by atoms with E-state index >= 15 is 0 Å². The van der Waals surface area contributed by atoms with E-state index in [9.17, 15) is 4.79 Å². The van der Waals surface area contributed by atoms with Gasteiger partial charge in [-0.05, 0) is 24.6 Å². The summed E-state index contributed by atoms with van der Waals surface area (Å²) in [5.41, 5.74) is 2.90. The number of carbonyl (C=O) groups excluding carboxylic acids is 1. The standard InChI is InChI=1S/C10H13N5O2/c1-6-8(5-17)7(2)11-9(6)10-12-14-15(13-10)3-4-16/h5,11,16H,3-4H2,1-2H3. The predicted octanol–water partition coefficient (Wildman–Crippen LogP) is 0.0898. The minimum atomic E-state index is -0.0435. The van der Waals surface area contributed by atoms with Gasteiger partial charge in [0.1, 0.15) is 0 Å². The van der Waals surface area contributed by atoms with Gasteiger partial charge in [0, 0.05) is 11.3 Å². The number of rotatable bonds is 4. The van der Waals surface area contributed by atoms with E-state index in [1.807, 2.05) is 13.8 Å². The third kappa shape index (κ3) is 1.96. The zero-order valence-corrected chi connectivity index (χ0v) is 9.64. The van der Waals surface area contributed by atoms with Gasteiger partial charge in [0.25, 0.3) is 0 Å². The van der Waals surface area contributed by atoms with Crippen molar-refractivity contribution in [1.82, 2.24) is 25.2 Å². The summed E-state index contributed by atoms with van der Waals surface area (Å²) >= 11 is 0. The molecule has 0 bridgehead atoms. The average molecular weight is 235 g/mol. The molecule has 2 heterocycles. The van der Waals surface area contributed by atoms with E-state index in [0.29, 0.717) is 23.6 Å². The third-order valence-electron chi connectivity index (χ3n) is 2.59. The summed E-state index contributed by atoms with van der Waals surface area (Å²) in [7, 11) is 0. The van der Waals surface area contributed by atoms with E-state index in [4.69, 9.17) is 5.11 Å². The molecular weight excluding hydrogens is 222 g/mol. The first-order valence-corrected chi connectivity index (χ1v) is 5.20. The van der Waals surface area contributed by atoms with Crippen molar-refractivity contribution in [2.24, 2.45) is 0 Å². The first-order chi connectivity index (χ1) is 8.17. The molecule has 0 amide bonds. The first kappa shape index (κ1) is 11.5. The second-order valence-corrected chi connectivity index (χ2v) is 3.71. The molecule has 0 saturated heterocycles. The highest BCUT2D eigenvalue weighted by molar-refractivity contribution is 5.82. The summed E-state index contributed by atoms with van der Waals surface area (Å²) in [6.45, 7) is 3.90. The Bertz CT molecular complexity index is 543. The van der Waals surface area contributed by atoms with Gasteiger partial charge in [-0.25, -0.2) is 0 Å². The number of aldehydes is 1. The van der Waals surface area contributed by atoms with Gasteiger partial charge >= 0.3 is 0 Å². The molecule has 0 atom stereocenters. The van der Waals surface area contributed by atoms with Crippen LogP contribution in [0.25, 0.3) is 11.5 Å². The second-order valence-electron chi connectivity index (χ2n) is 3.71. The number of nitrogens with zero attached hydrogens (tertiary/aromatic N) is 4. The molecule has 0 saturated carbocycles. The molecule has 0 spiro atoms. The molecule has 0 unspecified atom stereocenters. The smallest absolute Gasteiger partial charge is 0.221 e. The number of aryl methyl sites for hydroxylation is 1. The van der Waals surface area contributed by atoms with Gasteiger partial charge in [0.2, 0.25) is 5.82 Å². The second kappa shape index (κ2) is 4.46. The first-order valence-electron chi connectivity index (χ1n) is 5.20. The molecule has 17 heavy (non-hydrogen) atoms. The molecule has 2 aromatic rings. The van der Waals surface area contributed by atoms with Crippen molar-refractivity contribution >= 4 is 6.29 Å². The van der Waals surface area contributed by atoms with E-state index in [-0.39, 0.29) is 6.61 Å². The molecule has 2 aromatic heterocycles. The number of aromatic nitrogens is 5. The fraction of sp³-hybridized carbons (Fsp3) is 0.400. The third-order valence-corrected chi connectivity index (χ3v) is 2.59. The molecule has 0 aromatic carbocycles. The molecule has 0 aliphatic rings. The highest BCUT2D eigenvalue weighted by atomic mass is 16.3. The van der Waals surface area contributed by atoms with E-state index in [1.165, 1.54) is 4.80 Å². The van der Waals surface area contributed by atoms with Gasteiger partial charge in [0.15, 0.2) is 6.29 Å². The van der Waals surface area contributed by atoms with Crippen LogP contribution in [0, 0.1) is 13.8 Å². The fourth-order valence-corrected chi connectivity index (χ4v) is 1.69. The molecule has 0 aliphatic carbocycles. The maximum Gasteiger partial charge on any atom is 0.221 e. The summed E-state index contributed by atoms with van der Waals surface area (Å²) < 4.78 is 0. The number of H-pyrrole nitrogens is 1. The molecule has 90 valence electrons. The highest BCUT2D eigenvalue weighted by Gasteiger charge is 2.16. The SMILES string of the molecule is Cc1[nH]c(-c2nnn(CCO)n2)c(C)c1C=O. The number of nitrogens with one attached hydrogen (secondary N) is 1. The zero-order chi connectivity index (χ0) is 12.4. The van der Waals surface area contributed by atoms with Crippen molar-refractivity contribution < 1.29 is 9.90 Å². The quantitative estimate of drug-likeness (QED) is 0.732. The largest absolute Gasteiger partial charge is 0.394 e. The van der Waals surface area contributed by atoms with Gasteiger partial charge in [-0.3, -0.25) is 4.79 Å². The average Bonchev–Trinajstić information content (AvgIpc) is 2.85. The topological polar surface area (TPSA) is 96.7 Å². The summed E-state index contributed by atoms with van der Waals surface area (Å²) in [4.78, 5) is 15.3. The van der Waals surface area contributed by atoms with Crippen LogP contribution >= 0.6 is 0 Å². The molecule has 7 nitrogen and oxygen atoms in total. The maximum absolute atomic E-state index is 10.9. The van der Waals surface area contributed by atoms with E-state index < -0.39 is 0 Å². The maximum atomic E-state index is 10.9. The molecular formula is C10H13N5O2. The van der Waals surface area contributed by atoms with Gasteiger partial charge < -0.3 is 10.1 Å². The summed E-state index contributed by atoms with van der Waals surface area (Å²) in [5, 5.41) is 20.5. The Labute approximate surface area is 97.5 Å². The highest BCUT2D eigenvalue weighted by Crippen LogP contribution is 2.22. The zero-order valence-electron chi connectivity index (χ0n) is 9.64. The number of hydrogen-bond acceptors (Lipinski definition) is 5. The lowest BCUT2D eigenvalue weighted by atomic mass is 10.1. The van der Waals surface area contributed by atoms with Crippen molar-refractivity contribution in [2.45, 2.75) is 20.4 Å². The Morgan fingerprint density at radius 3 is 2.82 bits per heavy atom. The lowest BCUT2D eigenvalue weighted by Crippen LogP contribution is -2.05. The molecule has 2 N–H and O–H groups in total. The van der Waals surface area contributed by atoms with Gasteiger partial charge in [-0.15, -0.1) is 10.2 Å². The minimum Gasteiger partial charge on any atom is -0.394 e. The van der Waals surface area contributed by atoms with Crippen molar-refractivity contribution in [3.05, 3.63) is 16.8 Å².